The molecule has 0 radical (unpaired) electrons. The number of esters is 1. The van der Waals surface area contributed by atoms with Crippen LogP contribution in [0.3, 0.4) is 0 Å². The van der Waals surface area contributed by atoms with Crippen molar-refractivity contribution < 1.29 is 9.53 Å². The predicted octanol–water partition coefficient (Wildman–Crippen LogP) is 4.26. The van der Waals surface area contributed by atoms with Crippen LogP contribution in [0.15, 0.2) is 88.8 Å². The number of ether oxygens (including phenoxy) is 1. The molecule has 0 spiro atoms. The van der Waals surface area contributed by atoms with Crippen LogP contribution in [0.1, 0.15) is 21.7 Å². The van der Waals surface area contributed by atoms with Crippen LogP contribution >= 0.6 is 0 Å². The summed E-state index contributed by atoms with van der Waals surface area (Å²) in [4.78, 5) is 40.0. The summed E-state index contributed by atoms with van der Waals surface area (Å²) in [7, 11) is 1.34. The van der Waals surface area contributed by atoms with Crippen LogP contribution in [-0.4, -0.2) is 43.5 Å². The quantitative estimate of drug-likeness (QED) is 0.271. The van der Waals surface area contributed by atoms with E-state index in [0.717, 1.165) is 5.56 Å². The number of hydrogen-bond donors (Lipinski definition) is 0. The molecule has 0 bridgehead atoms. The molecule has 0 fully saturated rings. The molecule has 0 saturated heterocycles. The Kier molecular flexibility index (Phi) is 5.30. The predicted molar refractivity (Wildman–Crippen MR) is 141 cm³/mol. The number of hydrogen-bond acceptors (Lipinski definition) is 7. The minimum Gasteiger partial charge on any atom is -0.465 e. The van der Waals surface area contributed by atoms with Gasteiger partial charge in [0.1, 0.15) is 16.7 Å². The standard InChI is InChI=1S/C28H20N6O3/c1-17-30-25-23(27(35)33(17)20-8-4-3-5-9-20)24-26(32-22-11-7-6-10-21(22)31-24)34(25)29-16-18-12-14-19(15-13-18)28(36)37-2/h3-16H,1-2H3/b29-16+. The van der Waals surface area contributed by atoms with E-state index in [4.69, 9.17) is 19.7 Å². The number of aromatic nitrogens is 5. The molecule has 3 aromatic carbocycles. The van der Waals surface area contributed by atoms with E-state index < -0.39 is 5.97 Å². The maximum Gasteiger partial charge on any atom is 0.337 e. The molecular weight excluding hydrogens is 468 g/mol. The number of para-hydroxylation sites is 3. The molecule has 3 heterocycles. The number of carbonyl (C=O) groups excluding carboxylic acids is 1. The molecule has 0 aliphatic heterocycles. The van der Waals surface area contributed by atoms with E-state index in [1.54, 1.807) is 46.6 Å². The molecule has 0 N–H and O–H groups in total. The van der Waals surface area contributed by atoms with Gasteiger partial charge in [-0.3, -0.25) is 9.36 Å². The van der Waals surface area contributed by atoms with Gasteiger partial charge in [0.15, 0.2) is 11.3 Å². The fourth-order valence-electron chi connectivity index (χ4n) is 4.32. The van der Waals surface area contributed by atoms with Crippen molar-refractivity contribution in [1.82, 2.24) is 24.2 Å². The van der Waals surface area contributed by atoms with E-state index in [2.05, 4.69) is 5.10 Å². The number of methoxy groups -OCH3 is 1. The number of carbonyl (C=O) groups is 1. The van der Waals surface area contributed by atoms with Gasteiger partial charge in [0, 0.05) is 0 Å². The van der Waals surface area contributed by atoms with E-state index in [0.29, 0.717) is 50.3 Å². The fourth-order valence-corrected chi connectivity index (χ4v) is 4.32. The van der Waals surface area contributed by atoms with Crippen LogP contribution in [-0.2, 0) is 4.74 Å². The fraction of sp³-hybridized carbons (Fsp3) is 0.0714. The van der Waals surface area contributed by atoms with Gasteiger partial charge in [0.05, 0.1) is 35.6 Å². The Morgan fingerprint density at radius 3 is 2.24 bits per heavy atom. The first-order chi connectivity index (χ1) is 18.0. The van der Waals surface area contributed by atoms with Crippen molar-refractivity contribution in [3.8, 4) is 5.69 Å². The highest BCUT2D eigenvalue weighted by Crippen LogP contribution is 2.26. The normalized spacial score (nSPS) is 11.6. The highest BCUT2D eigenvalue weighted by Gasteiger charge is 2.21. The third-order valence-electron chi connectivity index (χ3n) is 6.09. The monoisotopic (exact) mass is 488 g/mol. The first-order valence-corrected chi connectivity index (χ1v) is 11.5. The second-order valence-corrected chi connectivity index (χ2v) is 8.39. The number of aryl methyl sites for hydroxylation is 1. The van der Waals surface area contributed by atoms with Crippen molar-refractivity contribution in [2.24, 2.45) is 5.10 Å². The van der Waals surface area contributed by atoms with Gasteiger partial charge < -0.3 is 4.74 Å². The average molecular weight is 489 g/mol. The molecule has 9 heteroatoms. The van der Waals surface area contributed by atoms with Gasteiger partial charge in [0.2, 0.25) is 0 Å². The Morgan fingerprint density at radius 1 is 0.865 bits per heavy atom. The van der Waals surface area contributed by atoms with E-state index in [-0.39, 0.29) is 5.56 Å². The number of nitrogens with zero attached hydrogens (tertiary/aromatic N) is 6. The van der Waals surface area contributed by atoms with Crippen molar-refractivity contribution in [1.29, 1.82) is 0 Å². The Bertz CT molecular complexity index is 1910. The third kappa shape index (κ3) is 3.73. The molecule has 0 amide bonds. The molecule has 0 saturated carbocycles. The van der Waals surface area contributed by atoms with Gasteiger partial charge in [-0.15, -0.1) is 0 Å². The minimum absolute atomic E-state index is 0.250. The topological polar surface area (TPSA) is 104 Å². The molecule has 0 atom stereocenters. The molecule has 6 aromatic rings. The number of fused-ring (bicyclic) bond motifs is 4. The Labute approximate surface area is 210 Å². The molecule has 180 valence electrons. The van der Waals surface area contributed by atoms with Crippen LogP contribution in [0.5, 0.6) is 0 Å². The maximum atomic E-state index is 13.9. The zero-order valence-electron chi connectivity index (χ0n) is 20.0. The van der Waals surface area contributed by atoms with Gasteiger partial charge in [0.25, 0.3) is 5.56 Å². The van der Waals surface area contributed by atoms with Gasteiger partial charge >= 0.3 is 5.97 Å². The second kappa shape index (κ2) is 8.80. The summed E-state index contributed by atoms with van der Waals surface area (Å²) in [5, 5.41) is 4.98. The number of rotatable bonds is 4. The summed E-state index contributed by atoms with van der Waals surface area (Å²) in [6, 6.07) is 23.7. The van der Waals surface area contributed by atoms with Gasteiger partial charge in [-0.2, -0.15) is 9.78 Å². The van der Waals surface area contributed by atoms with E-state index in [9.17, 15) is 9.59 Å². The van der Waals surface area contributed by atoms with Crippen molar-refractivity contribution in [3.63, 3.8) is 0 Å². The first-order valence-electron chi connectivity index (χ1n) is 11.5. The Morgan fingerprint density at radius 2 is 1.54 bits per heavy atom. The van der Waals surface area contributed by atoms with Crippen molar-refractivity contribution >= 4 is 45.4 Å². The Hall–Kier alpha value is -5.18. The van der Waals surface area contributed by atoms with Gasteiger partial charge in [-0.05, 0) is 48.9 Å². The van der Waals surface area contributed by atoms with Crippen molar-refractivity contribution in [2.45, 2.75) is 6.92 Å². The van der Waals surface area contributed by atoms with Crippen LogP contribution in [0, 0.1) is 6.92 Å². The highest BCUT2D eigenvalue weighted by atomic mass is 16.5. The first kappa shape index (κ1) is 22.3. The second-order valence-electron chi connectivity index (χ2n) is 8.39. The summed E-state index contributed by atoms with van der Waals surface area (Å²) in [6.07, 6.45) is 1.62. The molecule has 3 aromatic heterocycles. The lowest BCUT2D eigenvalue weighted by molar-refractivity contribution is 0.0600. The summed E-state index contributed by atoms with van der Waals surface area (Å²) < 4.78 is 7.87. The molecule has 37 heavy (non-hydrogen) atoms. The van der Waals surface area contributed by atoms with E-state index >= 15 is 0 Å². The number of benzene rings is 3. The van der Waals surface area contributed by atoms with E-state index in [1.165, 1.54) is 7.11 Å². The van der Waals surface area contributed by atoms with Gasteiger partial charge in [-0.25, -0.2) is 19.7 Å². The molecule has 6 rings (SSSR count). The third-order valence-corrected chi connectivity index (χ3v) is 6.09. The van der Waals surface area contributed by atoms with Crippen LogP contribution in [0.2, 0.25) is 0 Å². The average Bonchev–Trinajstić information content (AvgIpc) is 3.23. The lowest BCUT2D eigenvalue weighted by Gasteiger charge is -2.09. The SMILES string of the molecule is COC(=O)c1ccc(/C=N/n2c3nc4ccccc4nc3c3c(=O)n(-c4ccccc4)c(C)nc32)cc1. The van der Waals surface area contributed by atoms with Crippen LogP contribution < -0.4 is 5.56 Å². The molecule has 9 nitrogen and oxygen atoms in total. The molecular formula is C28H20N6O3. The zero-order valence-corrected chi connectivity index (χ0v) is 20.0. The smallest absolute Gasteiger partial charge is 0.337 e. The summed E-state index contributed by atoms with van der Waals surface area (Å²) in [6.45, 7) is 1.78. The lowest BCUT2D eigenvalue weighted by atomic mass is 10.1. The van der Waals surface area contributed by atoms with Crippen molar-refractivity contribution in [2.75, 3.05) is 7.11 Å². The van der Waals surface area contributed by atoms with Gasteiger partial charge in [-0.1, -0.05) is 42.5 Å². The Balaban J connectivity index is 1.61. The van der Waals surface area contributed by atoms with Crippen LogP contribution in [0.4, 0.5) is 0 Å². The lowest BCUT2D eigenvalue weighted by Crippen LogP contribution is -2.22. The highest BCUT2D eigenvalue weighted by molar-refractivity contribution is 6.05. The summed E-state index contributed by atoms with van der Waals surface area (Å²) >= 11 is 0. The molecule has 0 unspecified atom stereocenters. The largest absolute Gasteiger partial charge is 0.465 e. The molecule has 0 aliphatic rings. The maximum absolute atomic E-state index is 13.9. The summed E-state index contributed by atoms with van der Waals surface area (Å²) in [5.74, 6) is 0.0948. The molecule has 0 aliphatic carbocycles. The van der Waals surface area contributed by atoms with Crippen LogP contribution in [0.25, 0.3) is 38.9 Å². The van der Waals surface area contributed by atoms with E-state index in [1.807, 2.05) is 54.6 Å². The van der Waals surface area contributed by atoms with Crippen molar-refractivity contribution in [3.05, 3.63) is 106 Å². The minimum atomic E-state index is -0.414. The zero-order chi connectivity index (χ0) is 25.5. The summed E-state index contributed by atoms with van der Waals surface area (Å²) in [5.41, 5.74) is 4.20.